The minimum Gasteiger partial charge on any atom is -0.314 e. The summed E-state index contributed by atoms with van der Waals surface area (Å²) in [7, 11) is 0. The predicted molar refractivity (Wildman–Crippen MR) is 142 cm³/mol. The van der Waals surface area contributed by atoms with E-state index in [4.69, 9.17) is 4.98 Å². The van der Waals surface area contributed by atoms with Crippen LogP contribution in [0.3, 0.4) is 0 Å². The van der Waals surface area contributed by atoms with Gasteiger partial charge in [-0.15, -0.1) is 0 Å². The molecule has 0 fully saturated rings. The molecule has 1 heterocycles. The number of para-hydroxylation sites is 2. The summed E-state index contributed by atoms with van der Waals surface area (Å²) in [6.07, 6.45) is 1.67. The Morgan fingerprint density at radius 1 is 1.03 bits per heavy atom. The van der Waals surface area contributed by atoms with E-state index in [1.165, 1.54) is 28.5 Å². The van der Waals surface area contributed by atoms with E-state index in [1.54, 1.807) is 6.21 Å². The monoisotopic (exact) mass is 470 g/mol. The van der Waals surface area contributed by atoms with Gasteiger partial charge in [0, 0.05) is 0 Å². The molecule has 1 amide bonds. The number of benzene rings is 3. The number of hydrogen-bond acceptors (Lipinski definition) is 4. The summed E-state index contributed by atoms with van der Waals surface area (Å²) in [5.74, 6) is 0.0684. The Hall–Kier alpha value is -3.38. The molecule has 0 saturated heterocycles. The molecule has 0 bridgehead atoms. The number of fused-ring (bicyclic) bond motifs is 1. The van der Waals surface area contributed by atoms with Crippen molar-refractivity contribution in [3.05, 3.63) is 95.1 Å². The fourth-order valence-electron chi connectivity index (χ4n) is 3.60. The number of aryl methyl sites for hydroxylation is 1. The molecule has 4 aromatic rings. The van der Waals surface area contributed by atoms with E-state index in [9.17, 15) is 4.79 Å². The van der Waals surface area contributed by atoms with Crippen LogP contribution in [0.15, 0.2) is 83.1 Å². The number of aromatic nitrogens is 2. The number of hydrazone groups is 1. The van der Waals surface area contributed by atoms with Gasteiger partial charge in [0.05, 0.1) is 29.5 Å². The van der Waals surface area contributed by atoms with Crippen LogP contribution >= 0.6 is 11.8 Å². The highest BCUT2D eigenvalue weighted by Crippen LogP contribution is 2.25. The van der Waals surface area contributed by atoms with Gasteiger partial charge in [0.15, 0.2) is 5.16 Å². The van der Waals surface area contributed by atoms with Crippen molar-refractivity contribution in [3.8, 4) is 0 Å². The number of nitrogens with zero attached hydrogens (tertiary/aromatic N) is 3. The van der Waals surface area contributed by atoms with E-state index in [2.05, 4.69) is 85.3 Å². The van der Waals surface area contributed by atoms with Crippen LogP contribution in [0.4, 0.5) is 0 Å². The average molecular weight is 471 g/mol. The van der Waals surface area contributed by atoms with Crippen LogP contribution in [-0.2, 0) is 16.8 Å². The lowest BCUT2D eigenvalue weighted by Gasteiger charge is -2.18. The highest BCUT2D eigenvalue weighted by Gasteiger charge is 2.14. The van der Waals surface area contributed by atoms with Gasteiger partial charge in [-0.1, -0.05) is 98.8 Å². The molecular weight excluding hydrogens is 440 g/mol. The highest BCUT2D eigenvalue weighted by molar-refractivity contribution is 7.99. The van der Waals surface area contributed by atoms with Gasteiger partial charge < -0.3 is 4.57 Å². The maximum Gasteiger partial charge on any atom is 0.250 e. The van der Waals surface area contributed by atoms with Crippen molar-refractivity contribution in [1.82, 2.24) is 15.0 Å². The minimum absolute atomic E-state index is 0.108. The zero-order chi connectivity index (χ0) is 24.1. The lowest BCUT2D eigenvalue weighted by Crippen LogP contribution is -2.20. The summed E-state index contributed by atoms with van der Waals surface area (Å²) in [6, 6.07) is 24.8. The molecule has 0 saturated carbocycles. The van der Waals surface area contributed by atoms with E-state index < -0.39 is 0 Å². The van der Waals surface area contributed by atoms with Gasteiger partial charge in [0.1, 0.15) is 0 Å². The molecule has 3 aromatic carbocycles. The fourth-order valence-corrected chi connectivity index (χ4v) is 4.41. The quantitative estimate of drug-likeness (QED) is 0.207. The Labute approximate surface area is 205 Å². The number of imidazole rings is 1. The molecule has 0 spiro atoms. The average Bonchev–Trinajstić information content (AvgIpc) is 3.16. The molecule has 4 rings (SSSR count). The number of carbonyl (C=O) groups excluding carboxylic acids is 1. The maximum absolute atomic E-state index is 12.4. The Morgan fingerprint density at radius 2 is 1.74 bits per heavy atom. The Balaban J connectivity index is 1.40. The molecule has 0 unspecified atom stereocenters. The first-order chi connectivity index (χ1) is 16.3. The number of hydrogen-bond donors (Lipinski definition) is 1. The Bertz CT molecular complexity index is 1300. The summed E-state index contributed by atoms with van der Waals surface area (Å²) >= 11 is 1.42. The van der Waals surface area contributed by atoms with Gasteiger partial charge in [-0.25, -0.2) is 10.4 Å². The first-order valence-electron chi connectivity index (χ1n) is 11.4. The van der Waals surface area contributed by atoms with Crippen molar-refractivity contribution >= 4 is 34.9 Å². The number of amides is 1. The van der Waals surface area contributed by atoms with Crippen molar-refractivity contribution in [1.29, 1.82) is 0 Å². The van der Waals surface area contributed by atoms with Gasteiger partial charge in [-0.05, 0) is 41.2 Å². The number of carbonyl (C=O) groups is 1. The van der Waals surface area contributed by atoms with Crippen molar-refractivity contribution < 1.29 is 4.79 Å². The molecule has 1 N–H and O–H groups in total. The van der Waals surface area contributed by atoms with Gasteiger partial charge >= 0.3 is 0 Å². The van der Waals surface area contributed by atoms with Crippen molar-refractivity contribution in [2.45, 2.75) is 44.8 Å². The third kappa shape index (κ3) is 5.94. The standard InChI is InChI=1S/C28H30N4OS/c1-20-9-11-22(12-10-20)18-32-25-8-6-5-7-24(25)30-27(32)34-19-26(33)31-29-17-21-13-15-23(16-14-21)28(2,3)4/h5-17H,18-19H2,1-4H3,(H,31,33). The van der Waals surface area contributed by atoms with Crippen LogP contribution < -0.4 is 5.43 Å². The molecule has 34 heavy (non-hydrogen) atoms. The Kier molecular flexibility index (Phi) is 7.17. The highest BCUT2D eigenvalue weighted by atomic mass is 32.2. The van der Waals surface area contributed by atoms with Crippen molar-refractivity contribution in [3.63, 3.8) is 0 Å². The molecule has 174 valence electrons. The number of thioether (sulfide) groups is 1. The molecule has 0 aliphatic carbocycles. The largest absolute Gasteiger partial charge is 0.314 e. The lowest BCUT2D eigenvalue weighted by atomic mass is 9.87. The van der Waals surface area contributed by atoms with Crippen molar-refractivity contribution in [2.75, 3.05) is 5.75 Å². The number of rotatable bonds is 7. The summed E-state index contributed by atoms with van der Waals surface area (Å²) < 4.78 is 2.16. The Morgan fingerprint density at radius 3 is 2.44 bits per heavy atom. The molecule has 1 aromatic heterocycles. The second-order valence-electron chi connectivity index (χ2n) is 9.41. The lowest BCUT2D eigenvalue weighted by molar-refractivity contribution is -0.118. The van der Waals surface area contributed by atoms with E-state index in [0.29, 0.717) is 6.54 Å². The zero-order valence-corrected chi connectivity index (χ0v) is 20.9. The van der Waals surface area contributed by atoms with Crippen LogP contribution in [-0.4, -0.2) is 27.4 Å². The van der Waals surface area contributed by atoms with Gasteiger partial charge in [-0.2, -0.15) is 5.10 Å². The maximum atomic E-state index is 12.4. The molecular formula is C28H30N4OS. The summed E-state index contributed by atoms with van der Waals surface area (Å²) in [5.41, 5.74) is 9.36. The third-order valence-electron chi connectivity index (χ3n) is 5.59. The fraction of sp³-hybridized carbons (Fsp3) is 0.250. The van der Waals surface area contributed by atoms with Crippen LogP contribution in [0.25, 0.3) is 11.0 Å². The van der Waals surface area contributed by atoms with E-state index in [0.717, 1.165) is 21.8 Å². The topological polar surface area (TPSA) is 59.3 Å². The molecule has 0 atom stereocenters. The number of nitrogens with one attached hydrogen (secondary N) is 1. The first kappa shape index (κ1) is 23.8. The summed E-state index contributed by atoms with van der Waals surface area (Å²) in [6.45, 7) is 9.34. The molecule has 0 aliphatic rings. The predicted octanol–water partition coefficient (Wildman–Crippen LogP) is 5.93. The molecule has 5 nitrogen and oxygen atoms in total. The van der Waals surface area contributed by atoms with Crippen LogP contribution in [0, 0.1) is 6.92 Å². The SMILES string of the molecule is Cc1ccc(Cn2c(SCC(=O)NN=Cc3ccc(C(C)(C)C)cc3)nc3ccccc32)cc1. The molecule has 0 aliphatic heterocycles. The van der Waals surface area contributed by atoms with Crippen molar-refractivity contribution in [2.24, 2.45) is 5.10 Å². The normalized spacial score (nSPS) is 11.9. The van der Waals surface area contributed by atoms with E-state index in [-0.39, 0.29) is 17.1 Å². The van der Waals surface area contributed by atoms with Gasteiger partial charge in [-0.3, -0.25) is 4.79 Å². The smallest absolute Gasteiger partial charge is 0.250 e. The van der Waals surface area contributed by atoms with Crippen LogP contribution in [0.5, 0.6) is 0 Å². The molecule has 0 radical (unpaired) electrons. The second kappa shape index (κ2) is 10.3. The zero-order valence-electron chi connectivity index (χ0n) is 20.1. The van der Waals surface area contributed by atoms with Crippen LogP contribution in [0.1, 0.15) is 43.0 Å². The third-order valence-corrected chi connectivity index (χ3v) is 6.57. The van der Waals surface area contributed by atoms with Gasteiger partial charge in [0.25, 0.3) is 5.91 Å². The van der Waals surface area contributed by atoms with Crippen LogP contribution in [0.2, 0.25) is 0 Å². The van der Waals surface area contributed by atoms with Gasteiger partial charge in [0.2, 0.25) is 0 Å². The van der Waals surface area contributed by atoms with E-state index >= 15 is 0 Å². The first-order valence-corrected chi connectivity index (χ1v) is 12.3. The summed E-state index contributed by atoms with van der Waals surface area (Å²) in [5, 5.41) is 4.94. The second-order valence-corrected chi connectivity index (χ2v) is 10.4. The minimum atomic E-state index is -0.165. The molecule has 6 heteroatoms. The van der Waals surface area contributed by atoms with E-state index in [1.807, 2.05) is 30.3 Å². The summed E-state index contributed by atoms with van der Waals surface area (Å²) in [4.78, 5) is 17.2.